The number of aryl methyl sites for hydroxylation is 2. The molecule has 4 nitrogen and oxygen atoms in total. The fraction of sp³-hybridized carbons (Fsp3) is 0.130. The van der Waals surface area contributed by atoms with E-state index in [9.17, 15) is 4.79 Å². The summed E-state index contributed by atoms with van der Waals surface area (Å²) in [6.07, 6.45) is 0.354. The Labute approximate surface area is 157 Å². The van der Waals surface area contributed by atoms with Crippen LogP contribution in [0.3, 0.4) is 0 Å². The third-order valence-electron chi connectivity index (χ3n) is 4.50. The van der Waals surface area contributed by atoms with Gasteiger partial charge in [-0.05, 0) is 60.9 Å². The van der Waals surface area contributed by atoms with E-state index in [4.69, 9.17) is 4.42 Å². The molecule has 0 fully saturated rings. The third-order valence-corrected chi connectivity index (χ3v) is 4.50. The van der Waals surface area contributed by atoms with Gasteiger partial charge in [0.25, 0.3) is 0 Å². The predicted molar refractivity (Wildman–Crippen MR) is 108 cm³/mol. The van der Waals surface area contributed by atoms with Gasteiger partial charge in [0, 0.05) is 11.3 Å². The lowest BCUT2D eigenvalue weighted by atomic mass is 10.1. The highest BCUT2D eigenvalue weighted by Gasteiger charge is 2.11. The van der Waals surface area contributed by atoms with E-state index in [1.165, 1.54) is 0 Å². The number of benzene rings is 3. The lowest BCUT2D eigenvalue weighted by Crippen LogP contribution is -2.15. The molecule has 0 unspecified atom stereocenters. The summed E-state index contributed by atoms with van der Waals surface area (Å²) in [5.74, 6) is 0.551. The zero-order valence-electron chi connectivity index (χ0n) is 15.3. The highest BCUT2D eigenvalue weighted by Crippen LogP contribution is 2.28. The fourth-order valence-electron chi connectivity index (χ4n) is 3.07. The van der Waals surface area contributed by atoms with E-state index in [1.54, 1.807) is 0 Å². The standard InChI is InChI=1S/C23H20N2O2/c1-15-8-11-21-20(12-15)25-23(27-21)18-9-10-19(16(2)13-18)24-22(26)14-17-6-4-3-5-7-17/h3-13H,14H2,1-2H3,(H,24,26). The van der Waals surface area contributed by atoms with Gasteiger partial charge in [0.1, 0.15) is 5.52 Å². The molecule has 0 saturated heterocycles. The van der Waals surface area contributed by atoms with Gasteiger partial charge in [0.15, 0.2) is 5.58 Å². The lowest BCUT2D eigenvalue weighted by Gasteiger charge is -2.09. The minimum atomic E-state index is -0.0330. The average molecular weight is 356 g/mol. The first kappa shape index (κ1) is 17.0. The summed E-state index contributed by atoms with van der Waals surface area (Å²) in [6, 6.07) is 21.5. The van der Waals surface area contributed by atoms with E-state index < -0.39 is 0 Å². The molecule has 134 valence electrons. The Morgan fingerprint density at radius 1 is 1.00 bits per heavy atom. The number of aromatic nitrogens is 1. The minimum absolute atomic E-state index is 0.0330. The Bertz CT molecular complexity index is 1110. The summed E-state index contributed by atoms with van der Waals surface area (Å²) in [6.45, 7) is 4.00. The molecule has 4 heteroatoms. The maximum atomic E-state index is 12.3. The van der Waals surface area contributed by atoms with E-state index in [-0.39, 0.29) is 5.91 Å². The topological polar surface area (TPSA) is 55.1 Å². The van der Waals surface area contributed by atoms with Crippen molar-refractivity contribution in [3.8, 4) is 11.5 Å². The van der Waals surface area contributed by atoms with E-state index in [0.717, 1.165) is 39.0 Å². The Kier molecular flexibility index (Phi) is 4.47. The molecule has 0 atom stereocenters. The molecule has 0 saturated carbocycles. The van der Waals surface area contributed by atoms with E-state index in [2.05, 4.69) is 10.3 Å². The van der Waals surface area contributed by atoms with Gasteiger partial charge in [-0.15, -0.1) is 0 Å². The van der Waals surface area contributed by atoms with Crippen molar-refractivity contribution in [3.05, 3.63) is 83.4 Å². The number of nitrogens with one attached hydrogen (secondary N) is 1. The molecule has 0 spiro atoms. The normalized spacial score (nSPS) is 10.9. The van der Waals surface area contributed by atoms with Crippen LogP contribution in [0.25, 0.3) is 22.6 Å². The third kappa shape index (κ3) is 3.75. The number of hydrogen-bond donors (Lipinski definition) is 1. The van der Waals surface area contributed by atoms with Gasteiger partial charge < -0.3 is 9.73 Å². The molecular weight excluding hydrogens is 336 g/mol. The molecule has 1 amide bonds. The largest absolute Gasteiger partial charge is 0.436 e. The van der Waals surface area contributed by atoms with Gasteiger partial charge >= 0.3 is 0 Å². The summed E-state index contributed by atoms with van der Waals surface area (Å²) in [5, 5.41) is 2.98. The molecule has 4 rings (SSSR count). The summed E-state index contributed by atoms with van der Waals surface area (Å²) < 4.78 is 5.87. The van der Waals surface area contributed by atoms with Crippen molar-refractivity contribution < 1.29 is 9.21 Å². The molecule has 27 heavy (non-hydrogen) atoms. The fourth-order valence-corrected chi connectivity index (χ4v) is 3.07. The minimum Gasteiger partial charge on any atom is -0.436 e. The number of oxazole rings is 1. The number of amides is 1. The predicted octanol–water partition coefficient (Wildman–Crippen LogP) is 5.29. The first-order valence-electron chi connectivity index (χ1n) is 8.90. The Morgan fingerprint density at radius 2 is 1.81 bits per heavy atom. The second kappa shape index (κ2) is 7.08. The molecule has 0 bridgehead atoms. The van der Waals surface area contributed by atoms with Gasteiger partial charge in [0.05, 0.1) is 6.42 Å². The van der Waals surface area contributed by atoms with Crippen LogP contribution in [0.2, 0.25) is 0 Å². The van der Waals surface area contributed by atoms with Crippen LogP contribution in [0.1, 0.15) is 16.7 Å². The summed E-state index contributed by atoms with van der Waals surface area (Å²) in [5.41, 5.74) is 6.42. The molecule has 3 aromatic carbocycles. The second-order valence-electron chi connectivity index (χ2n) is 6.73. The SMILES string of the molecule is Cc1ccc2oc(-c3ccc(NC(=O)Cc4ccccc4)c(C)c3)nc2c1. The van der Waals surface area contributed by atoms with Crippen molar-refractivity contribution >= 4 is 22.7 Å². The van der Waals surface area contributed by atoms with Gasteiger partial charge in [-0.2, -0.15) is 0 Å². The molecule has 1 heterocycles. The monoisotopic (exact) mass is 356 g/mol. The van der Waals surface area contributed by atoms with Crippen LogP contribution in [-0.2, 0) is 11.2 Å². The highest BCUT2D eigenvalue weighted by molar-refractivity contribution is 5.93. The summed E-state index contributed by atoms with van der Waals surface area (Å²) in [7, 11) is 0. The molecule has 0 aliphatic heterocycles. The van der Waals surface area contributed by atoms with E-state index >= 15 is 0 Å². The first-order chi connectivity index (χ1) is 13.1. The Hall–Kier alpha value is -3.40. The number of hydrogen-bond acceptors (Lipinski definition) is 3. The van der Waals surface area contributed by atoms with Crippen LogP contribution in [-0.4, -0.2) is 10.9 Å². The smallest absolute Gasteiger partial charge is 0.228 e. The van der Waals surface area contributed by atoms with Crippen molar-refractivity contribution in [3.63, 3.8) is 0 Å². The van der Waals surface area contributed by atoms with Crippen molar-refractivity contribution in [1.29, 1.82) is 0 Å². The number of carbonyl (C=O) groups is 1. The Morgan fingerprint density at radius 3 is 2.59 bits per heavy atom. The average Bonchev–Trinajstić information content (AvgIpc) is 3.07. The van der Waals surface area contributed by atoms with Crippen LogP contribution in [0, 0.1) is 13.8 Å². The number of rotatable bonds is 4. The van der Waals surface area contributed by atoms with Gasteiger partial charge in [-0.1, -0.05) is 36.4 Å². The van der Waals surface area contributed by atoms with Crippen molar-refractivity contribution in [2.24, 2.45) is 0 Å². The molecule has 1 N–H and O–H groups in total. The van der Waals surface area contributed by atoms with Gasteiger partial charge in [0.2, 0.25) is 11.8 Å². The maximum absolute atomic E-state index is 12.3. The maximum Gasteiger partial charge on any atom is 0.228 e. The van der Waals surface area contributed by atoms with Crippen molar-refractivity contribution in [1.82, 2.24) is 4.98 Å². The lowest BCUT2D eigenvalue weighted by molar-refractivity contribution is -0.115. The summed E-state index contributed by atoms with van der Waals surface area (Å²) >= 11 is 0. The van der Waals surface area contributed by atoms with Crippen LogP contribution in [0.5, 0.6) is 0 Å². The highest BCUT2D eigenvalue weighted by atomic mass is 16.3. The Balaban J connectivity index is 1.54. The number of fused-ring (bicyclic) bond motifs is 1. The molecule has 0 radical (unpaired) electrons. The molecule has 0 aliphatic rings. The number of nitrogens with zero attached hydrogens (tertiary/aromatic N) is 1. The van der Waals surface area contributed by atoms with Crippen LogP contribution < -0.4 is 5.32 Å². The molecule has 0 aliphatic carbocycles. The van der Waals surface area contributed by atoms with Gasteiger partial charge in [-0.25, -0.2) is 4.98 Å². The summed E-state index contributed by atoms with van der Waals surface area (Å²) in [4.78, 5) is 16.9. The van der Waals surface area contributed by atoms with Crippen LogP contribution in [0.4, 0.5) is 5.69 Å². The first-order valence-corrected chi connectivity index (χ1v) is 8.90. The molecule has 1 aromatic heterocycles. The quantitative estimate of drug-likeness (QED) is 0.540. The van der Waals surface area contributed by atoms with Crippen LogP contribution in [0.15, 0.2) is 71.1 Å². The van der Waals surface area contributed by atoms with Crippen molar-refractivity contribution in [2.45, 2.75) is 20.3 Å². The second-order valence-corrected chi connectivity index (χ2v) is 6.73. The number of carbonyl (C=O) groups excluding carboxylic acids is 1. The zero-order valence-corrected chi connectivity index (χ0v) is 15.3. The van der Waals surface area contributed by atoms with E-state index in [1.807, 2.05) is 80.6 Å². The van der Waals surface area contributed by atoms with Crippen molar-refractivity contribution in [2.75, 3.05) is 5.32 Å². The van der Waals surface area contributed by atoms with Crippen LogP contribution >= 0.6 is 0 Å². The molecular formula is C23H20N2O2. The molecule has 4 aromatic rings. The van der Waals surface area contributed by atoms with E-state index in [0.29, 0.717) is 12.3 Å². The van der Waals surface area contributed by atoms with Gasteiger partial charge in [-0.3, -0.25) is 4.79 Å². The number of anilines is 1. The zero-order chi connectivity index (χ0) is 18.8.